The lowest BCUT2D eigenvalue weighted by Gasteiger charge is -2.33. The average molecular weight is 315 g/mol. The van der Waals surface area contributed by atoms with Crippen LogP contribution >= 0.6 is 15.9 Å². The van der Waals surface area contributed by atoms with E-state index in [9.17, 15) is 4.79 Å². The highest BCUT2D eigenvalue weighted by molar-refractivity contribution is 9.09. The number of halogens is 1. The summed E-state index contributed by atoms with van der Waals surface area (Å²) in [4.78, 5) is 14.4. The molecule has 1 amide bonds. The summed E-state index contributed by atoms with van der Waals surface area (Å²) in [5.74, 6) is 0.680. The van der Waals surface area contributed by atoms with Crippen LogP contribution in [0.2, 0.25) is 0 Å². The second-order valence-corrected chi connectivity index (χ2v) is 5.60. The summed E-state index contributed by atoms with van der Waals surface area (Å²) in [6.07, 6.45) is 5.93. The molecule has 0 spiro atoms. The molecule has 0 N–H and O–H groups in total. The zero-order valence-electron chi connectivity index (χ0n) is 10.7. The quantitative estimate of drug-likeness (QED) is 0.802. The van der Waals surface area contributed by atoms with Crippen molar-refractivity contribution in [1.29, 1.82) is 0 Å². The van der Waals surface area contributed by atoms with E-state index in [0.29, 0.717) is 17.5 Å². The first kappa shape index (κ1) is 13.6. The number of aromatic nitrogens is 1. The van der Waals surface area contributed by atoms with E-state index in [4.69, 9.17) is 4.52 Å². The molecule has 0 aliphatic heterocycles. The standard InChI is InChI=1S/C13H19BrN2O2/c1-10-9-12(15-18-10)13(17)16(8-7-14)11-5-3-2-4-6-11/h9,11H,2-8H2,1H3. The molecule has 0 atom stereocenters. The van der Waals surface area contributed by atoms with Crippen molar-refractivity contribution in [2.75, 3.05) is 11.9 Å². The third-order valence-electron chi connectivity index (χ3n) is 3.45. The molecule has 0 unspecified atom stereocenters. The van der Waals surface area contributed by atoms with Gasteiger partial charge in [-0.2, -0.15) is 0 Å². The minimum atomic E-state index is -0.00167. The van der Waals surface area contributed by atoms with Gasteiger partial charge in [0.2, 0.25) is 0 Å². The summed E-state index contributed by atoms with van der Waals surface area (Å²) in [6, 6.07) is 2.08. The highest BCUT2D eigenvalue weighted by Crippen LogP contribution is 2.24. The Kier molecular flexibility index (Phi) is 4.80. The molecule has 1 heterocycles. The van der Waals surface area contributed by atoms with Gasteiger partial charge in [0, 0.05) is 24.0 Å². The Labute approximate surface area is 116 Å². The molecule has 0 saturated heterocycles. The summed E-state index contributed by atoms with van der Waals surface area (Å²) in [5, 5.41) is 4.63. The molecule has 0 bridgehead atoms. The number of hydrogen-bond donors (Lipinski definition) is 0. The first-order valence-electron chi connectivity index (χ1n) is 6.52. The normalized spacial score (nSPS) is 16.8. The van der Waals surface area contributed by atoms with Gasteiger partial charge in [0.15, 0.2) is 5.69 Å². The van der Waals surface area contributed by atoms with Crippen molar-refractivity contribution < 1.29 is 9.32 Å². The van der Waals surface area contributed by atoms with Crippen LogP contribution in [0.15, 0.2) is 10.6 Å². The Balaban J connectivity index is 2.10. The Morgan fingerprint density at radius 2 is 2.22 bits per heavy atom. The van der Waals surface area contributed by atoms with E-state index in [1.165, 1.54) is 19.3 Å². The highest BCUT2D eigenvalue weighted by atomic mass is 79.9. The van der Waals surface area contributed by atoms with Crippen molar-refractivity contribution >= 4 is 21.8 Å². The molecule has 18 heavy (non-hydrogen) atoms. The number of nitrogens with zero attached hydrogens (tertiary/aromatic N) is 2. The van der Waals surface area contributed by atoms with E-state index in [1.807, 2.05) is 4.90 Å². The maximum absolute atomic E-state index is 12.4. The number of rotatable bonds is 4. The van der Waals surface area contributed by atoms with Gasteiger partial charge >= 0.3 is 0 Å². The fourth-order valence-electron chi connectivity index (χ4n) is 2.55. The van der Waals surface area contributed by atoms with Crippen LogP contribution < -0.4 is 0 Å². The lowest BCUT2D eigenvalue weighted by atomic mass is 9.94. The van der Waals surface area contributed by atoms with Gasteiger partial charge < -0.3 is 9.42 Å². The van der Waals surface area contributed by atoms with Gasteiger partial charge in [0.1, 0.15) is 5.76 Å². The Morgan fingerprint density at radius 1 is 1.50 bits per heavy atom. The molecular formula is C13H19BrN2O2. The molecule has 1 aliphatic carbocycles. The molecule has 1 fully saturated rings. The fraction of sp³-hybridized carbons (Fsp3) is 0.692. The van der Waals surface area contributed by atoms with E-state index in [0.717, 1.165) is 24.7 Å². The lowest BCUT2D eigenvalue weighted by Crippen LogP contribution is -2.42. The fourth-order valence-corrected chi connectivity index (χ4v) is 2.93. The van der Waals surface area contributed by atoms with Gasteiger partial charge in [-0.3, -0.25) is 4.79 Å². The number of carbonyl (C=O) groups is 1. The molecule has 1 aromatic rings. The van der Waals surface area contributed by atoms with Crippen molar-refractivity contribution in [2.24, 2.45) is 0 Å². The van der Waals surface area contributed by atoms with Crippen molar-refractivity contribution in [3.05, 3.63) is 17.5 Å². The molecule has 1 aliphatic rings. The monoisotopic (exact) mass is 314 g/mol. The van der Waals surface area contributed by atoms with E-state index in [1.54, 1.807) is 13.0 Å². The van der Waals surface area contributed by atoms with Gasteiger partial charge in [-0.1, -0.05) is 40.3 Å². The second-order valence-electron chi connectivity index (χ2n) is 4.80. The molecule has 0 radical (unpaired) electrons. The van der Waals surface area contributed by atoms with Crippen molar-refractivity contribution in [1.82, 2.24) is 10.1 Å². The minimum Gasteiger partial charge on any atom is -0.361 e. The molecule has 1 aromatic heterocycles. The SMILES string of the molecule is Cc1cc(C(=O)N(CCBr)C2CCCCC2)no1. The van der Waals surface area contributed by atoms with Crippen LogP contribution in [0.25, 0.3) is 0 Å². The van der Waals surface area contributed by atoms with Crippen LogP contribution in [0.4, 0.5) is 0 Å². The maximum atomic E-state index is 12.4. The van der Waals surface area contributed by atoms with Crippen LogP contribution in [0.1, 0.15) is 48.4 Å². The largest absolute Gasteiger partial charge is 0.361 e. The number of aryl methyl sites for hydroxylation is 1. The minimum absolute atomic E-state index is 0.00167. The Hall–Kier alpha value is -0.840. The van der Waals surface area contributed by atoms with Crippen molar-refractivity contribution in [2.45, 2.75) is 45.1 Å². The van der Waals surface area contributed by atoms with Crippen LogP contribution in [-0.2, 0) is 0 Å². The second kappa shape index (κ2) is 6.36. The first-order valence-corrected chi connectivity index (χ1v) is 7.65. The van der Waals surface area contributed by atoms with Crippen molar-refractivity contribution in [3.63, 3.8) is 0 Å². The van der Waals surface area contributed by atoms with Gasteiger partial charge in [0.25, 0.3) is 5.91 Å². The first-order chi connectivity index (χ1) is 8.72. The van der Waals surface area contributed by atoms with Crippen LogP contribution in [0, 0.1) is 6.92 Å². The average Bonchev–Trinajstić information content (AvgIpc) is 2.83. The molecule has 0 aromatic carbocycles. The summed E-state index contributed by atoms with van der Waals surface area (Å²) >= 11 is 3.42. The zero-order valence-corrected chi connectivity index (χ0v) is 12.3. The number of alkyl halides is 1. The predicted octanol–water partition coefficient (Wildman–Crippen LogP) is 3.15. The van der Waals surface area contributed by atoms with Gasteiger partial charge in [-0.25, -0.2) is 0 Å². The third-order valence-corrected chi connectivity index (χ3v) is 3.80. The van der Waals surface area contributed by atoms with E-state index < -0.39 is 0 Å². The van der Waals surface area contributed by atoms with E-state index in [-0.39, 0.29) is 5.91 Å². The van der Waals surface area contributed by atoms with E-state index >= 15 is 0 Å². The Morgan fingerprint density at radius 3 is 2.78 bits per heavy atom. The summed E-state index contributed by atoms with van der Waals surface area (Å²) in [7, 11) is 0. The third kappa shape index (κ3) is 3.13. The van der Waals surface area contributed by atoms with Crippen molar-refractivity contribution in [3.8, 4) is 0 Å². The molecule has 100 valence electrons. The summed E-state index contributed by atoms with van der Waals surface area (Å²) in [6.45, 7) is 2.54. The summed E-state index contributed by atoms with van der Waals surface area (Å²) in [5.41, 5.74) is 0.430. The molecule has 4 nitrogen and oxygen atoms in total. The molecular weight excluding hydrogens is 296 g/mol. The molecule has 2 rings (SSSR count). The predicted molar refractivity (Wildman–Crippen MR) is 72.9 cm³/mol. The smallest absolute Gasteiger partial charge is 0.276 e. The topological polar surface area (TPSA) is 46.3 Å². The number of hydrogen-bond acceptors (Lipinski definition) is 3. The number of carbonyl (C=O) groups excluding carboxylic acids is 1. The molecule has 1 saturated carbocycles. The summed E-state index contributed by atoms with van der Waals surface area (Å²) < 4.78 is 4.99. The molecule has 5 heteroatoms. The van der Waals surface area contributed by atoms with Gasteiger partial charge in [0.05, 0.1) is 0 Å². The Bertz CT molecular complexity index is 399. The van der Waals surface area contributed by atoms with Crippen LogP contribution in [0.5, 0.6) is 0 Å². The van der Waals surface area contributed by atoms with Crippen LogP contribution in [-0.4, -0.2) is 33.9 Å². The maximum Gasteiger partial charge on any atom is 0.276 e. The lowest BCUT2D eigenvalue weighted by molar-refractivity contribution is 0.0640. The van der Waals surface area contributed by atoms with E-state index in [2.05, 4.69) is 21.1 Å². The highest BCUT2D eigenvalue weighted by Gasteiger charge is 2.27. The van der Waals surface area contributed by atoms with Gasteiger partial charge in [-0.15, -0.1) is 0 Å². The van der Waals surface area contributed by atoms with Gasteiger partial charge in [-0.05, 0) is 19.8 Å². The number of amides is 1. The zero-order chi connectivity index (χ0) is 13.0. The van der Waals surface area contributed by atoms with Crippen LogP contribution in [0.3, 0.4) is 0 Å².